The summed E-state index contributed by atoms with van der Waals surface area (Å²) in [6, 6.07) is 6.01. The third-order valence-electron chi connectivity index (χ3n) is 2.06. The van der Waals surface area contributed by atoms with Crippen molar-refractivity contribution >= 4 is 15.9 Å². The number of nitrogens with one attached hydrogen (secondary N) is 1. The van der Waals surface area contributed by atoms with Crippen LogP contribution in [-0.4, -0.2) is 12.6 Å². The van der Waals surface area contributed by atoms with Crippen molar-refractivity contribution in [3.63, 3.8) is 0 Å². The van der Waals surface area contributed by atoms with Gasteiger partial charge in [-0.05, 0) is 44.5 Å². The molecule has 84 valence electrons. The molecule has 0 unspecified atom stereocenters. The van der Waals surface area contributed by atoms with E-state index in [1.165, 1.54) is 5.56 Å². The van der Waals surface area contributed by atoms with Crippen molar-refractivity contribution in [2.45, 2.75) is 32.9 Å². The van der Waals surface area contributed by atoms with Gasteiger partial charge >= 0.3 is 0 Å². The lowest BCUT2D eigenvalue weighted by atomic mass is 10.1. The maximum absolute atomic E-state index is 5.19. The van der Waals surface area contributed by atoms with Crippen LogP contribution in [0.5, 0.6) is 5.75 Å². The van der Waals surface area contributed by atoms with Crippen LogP contribution in [0, 0.1) is 0 Å². The molecule has 1 rings (SSSR count). The van der Waals surface area contributed by atoms with E-state index in [0.29, 0.717) is 0 Å². The molecule has 0 saturated carbocycles. The summed E-state index contributed by atoms with van der Waals surface area (Å²) in [7, 11) is 1.68. The van der Waals surface area contributed by atoms with Crippen LogP contribution in [0.15, 0.2) is 22.7 Å². The largest absolute Gasteiger partial charge is 0.497 e. The molecule has 0 fully saturated rings. The molecule has 0 aliphatic heterocycles. The van der Waals surface area contributed by atoms with Gasteiger partial charge in [0, 0.05) is 16.6 Å². The predicted molar refractivity (Wildman–Crippen MR) is 67.3 cm³/mol. The van der Waals surface area contributed by atoms with E-state index in [2.05, 4.69) is 42.0 Å². The number of hydrogen-bond acceptors (Lipinski definition) is 2. The molecule has 0 aliphatic carbocycles. The molecule has 0 aliphatic rings. The molecule has 2 nitrogen and oxygen atoms in total. The van der Waals surface area contributed by atoms with Crippen LogP contribution < -0.4 is 10.1 Å². The molecular weight excluding hydrogens is 254 g/mol. The molecule has 0 amide bonds. The molecule has 0 spiro atoms. The van der Waals surface area contributed by atoms with Gasteiger partial charge < -0.3 is 10.1 Å². The van der Waals surface area contributed by atoms with E-state index in [4.69, 9.17) is 4.74 Å². The van der Waals surface area contributed by atoms with E-state index in [0.717, 1.165) is 16.8 Å². The number of rotatable bonds is 3. The maximum Gasteiger partial charge on any atom is 0.119 e. The number of benzene rings is 1. The summed E-state index contributed by atoms with van der Waals surface area (Å²) in [5.41, 5.74) is 1.34. The molecule has 1 N–H and O–H groups in total. The summed E-state index contributed by atoms with van der Waals surface area (Å²) in [6.07, 6.45) is 0. The van der Waals surface area contributed by atoms with Gasteiger partial charge in [-0.2, -0.15) is 0 Å². The van der Waals surface area contributed by atoms with Crippen molar-refractivity contribution in [2.75, 3.05) is 7.11 Å². The number of ether oxygens (including phenoxy) is 1. The van der Waals surface area contributed by atoms with E-state index in [9.17, 15) is 0 Å². The van der Waals surface area contributed by atoms with Gasteiger partial charge in [-0.15, -0.1) is 0 Å². The minimum Gasteiger partial charge on any atom is -0.497 e. The van der Waals surface area contributed by atoms with Crippen molar-refractivity contribution in [3.05, 3.63) is 28.2 Å². The Balaban J connectivity index is 2.75. The lowest BCUT2D eigenvalue weighted by Crippen LogP contribution is -2.35. The minimum absolute atomic E-state index is 0.127. The molecule has 15 heavy (non-hydrogen) atoms. The Morgan fingerprint density at radius 3 is 2.53 bits per heavy atom. The highest BCUT2D eigenvalue weighted by Crippen LogP contribution is 2.22. The van der Waals surface area contributed by atoms with Gasteiger partial charge in [0.1, 0.15) is 5.75 Å². The fourth-order valence-electron chi connectivity index (χ4n) is 1.17. The van der Waals surface area contributed by atoms with Gasteiger partial charge in [0.25, 0.3) is 0 Å². The molecule has 3 heteroatoms. The first-order valence-electron chi connectivity index (χ1n) is 5.00. The molecule has 0 bridgehead atoms. The summed E-state index contributed by atoms with van der Waals surface area (Å²) in [4.78, 5) is 0. The van der Waals surface area contributed by atoms with Crippen LogP contribution in [0.1, 0.15) is 26.3 Å². The maximum atomic E-state index is 5.19. The summed E-state index contributed by atoms with van der Waals surface area (Å²) < 4.78 is 6.30. The van der Waals surface area contributed by atoms with E-state index in [-0.39, 0.29) is 5.54 Å². The van der Waals surface area contributed by atoms with Crippen molar-refractivity contribution in [3.8, 4) is 5.75 Å². The Kier molecular flexibility index (Phi) is 4.17. The first-order valence-corrected chi connectivity index (χ1v) is 5.79. The van der Waals surface area contributed by atoms with Gasteiger partial charge in [0.15, 0.2) is 0 Å². The molecule has 0 aromatic heterocycles. The topological polar surface area (TPSA) is 21.3 Å². The summed E-state index contributed by atoms with van der Waals surface area (Å²) in [6.45, 7) is 7.30. The quantitative estimate of drug-likeness (QED) is 0.911. The van der Waals surface area contributed by atoms with Crippen molar-refractivity contribution in [1.82, 2.24) is 5.32 Å². The van der Waals surface area contributed by atoms with Gasteiger partial charge in [-0.1, -0.05) is 15.9 Å². The van der Waals surface area contributed by atoms with Crippen molar-refractivity contribution in [1.29, 1.82) is 0 Å². The van der Waals surface area contributed by atoms with Gasteiger partial charge in [-0.3, -0.25) is 0 Å². The summed E-state index contributed by atoms with van der Waals surface area (Å²) in [5.74, 6) is 0.893. The molecule has 0 atom stereocenters. The Morgan fingerprint density at radius 2 is 2.00 bits per heavy atom. The normalized spacial score (nSPS) is 11.5. The minimum atomic E-state index is 0.127. The van der Waals surface area contributed by atoms with E-state index >= 15 is 0 Å². The first kappa shape index (κ1) is 12.5. The molecule has 0 saturated heterocycles. The van der Waals surface area contributed by atoms with Crippen LogP contribution in [0.2, 0.25) is 0 Å². The van der Waals surface area contributed by atoms with Crippen LogP contribution in [0.25, 0.3) is 0 Å². The molecule has 0 radical (unpaired) electrons. The predicted octanol–water partition coefficient (Wildman–Crippen LogP) is 3.35. The highest BCUT2D eigenvalue weighted by atomic mass is 79.9. The Bertz CT molecular complexity index is 331. The lowest BCUT2D eigenvalue weighted by molar-refractivity contribution is 0.409. The van der Waals surface area contributed by atoms with E-state index in [1.807, 2.05) is 18.2 Å². The second-order valence-electron chi connectivity index (χ2n) is 4.56. The van der Waals surface area contributed by atoms with Crippen LogP contribution in [-0.2, 0) is 6.54 Å². The molecular formula is C12H18BrNO. The number of halogens is 1. The standard InChI is InChI=1S/C12H18BrNO/c1-12(2,3)14-8-9-7-10(15-4)5-6-11(9)13/h5-7,14H,8H2,1-4H3. The smallest absolute Gasteiger partial charge is 0.119 e. The van der Waals surface area contributed by atoms with Crippen LogP contribution in [0.3, 0.4) is 0 Å². The van der Waals surface area contributed by atoms with E-state index < -0.39 is 0 Å². The summed E-state index contributed by atoms with van der Waals surface area (Å²) in [5, 5.41) is 3.44. The lowest BCUT2D eigenvalue weighted by Gasteiger charge is -2.21. The zero-order valence-electron chi connectivity index (χ0n) is 9.73. The highest BCUT2D eigenvalue weighted by molar-refractivity contribution is 9.10. The zero-order valence-corrected chi connectivity index (χ0v) is 11.3. The third kappa shape index (κ3) is 4.22. The number of methoxy groups -OCH3 is 1. The second kappa shape index (κ2) is 4.99. The second-order valence-corrected chi connectivity index (χ2v) is 5.42. The zero-order chi connectivity index (χ0) is 11.5. The fraction of sp³-hybridized carbons (Fsp3) is 0.500. The monoisotopic (exact) mass is 271 g/mol. The van der Waals surface area contributed by atoms with Gasteiger partial charge in [-0.25, -0.2) is 0 Å². The van der Waals surface area contributed by atoms with E-state index in [1.54, 1.807) is 7.11 Å². The van der Waals surface area contributed by atoms with Crippen LogP contribution >= 0.6 is 15.9 Å². The number of hydrogen-bond donors (Lipinski definition) is 1. The van der Waals surface area contributed by atoms with Crippen molar-refractivity contribution in [2.24, 2.45) is 0 Å². The molecule has 1 aromatic rings. The average Bonchev–Trinajstić information content (AvgIpc) is 2.15. The Hall–Kier alpha value is -0.540. The van der Waals surface area contributed by atoms with Gasteiger partial charge in [0.2, 0.25) is 0 Å². The molecule has 1 aromatic carbocycles. The molecule has 0 heterocycles. The fourth-order valence-corrected chi connectivity index (χ4v) is 1.56. The van der Waals surface area contributed by atoms with Gasteiger partial charge in [0.05, 0.1) is 7.11 Å². The average molecular weight is 272 g/mol. The SMILES string of the molecule is COc1ccc(Br)c(CNC(C)(C)C)c1. The summed E-state index contributed by atoms with van der Waals surface area (Å²) >= 11 is 3.53. The van der Waals surface area contributed by atoms with Crippen molar-refractivity contribution < 1.29 is 4.74 Å². The first-order chi connectivity index (χ1) is 6.92. The Morgan fingerprint density at radius 1 is 1.33 bits per heavy atom. The van der Waals surface area contributed by atoms with Crippen LogP contribution in [0.4, 0.5) is 0 Å². The third-order valence-corrected chi connectivity index (χ3v) is 2.84. The Labute approximate surface area is 100 Å². The highest BCUT2D eigenvalue weighted by Gasteiger charge is 2.10.